The topological polar surface area (TPSA) is 59.0 Å². The fraction of sp³-hybridized carbons (Fsp3) is 0.500. The van der Waals surface area contributed by atoms with Gasteiger partial charge in [0, 0.05) is 12.5 Å². The zero-order valence-electron chi connectivity index (χ0n) is 10.6. The van der Waals surface area contributed by atoms with Crippen molar-refractivity contribution < 1.29 is 4.74 Å². The van der Waals surface area contributed by atoms with E-state index < -0.39 is 0 Å². The molecular formula is C14H20N2O. The van der Waals surface area contributed by atoms with Crippen molar-refractivity contribution in [3.8, 4) is 11.8 Å². The van der Waals surface area contributed by atoms with E-state index in [1.807, 2.05) is 26.0 Å². The summed E-state index contributed by atoms with van der Waals surface area (Å²) in [5.74, 6) is 0.909. The van der Waals surface area contributed by atoms with Gasteiger partial charge in [-0.25, -0.2) is 0 Å². The molecule has 0 aliphatic rings. The van der Waals surface area contributed by atoms with Crippen LogP contribution in [0, 0.1) is 18.3 Å². The lowest BCUT2D eigenvalue weighted by molar-refractivity contribution is 0.305. The Morgan fingerprint density at radius 1 is 1.41 bits per heavy atom. The van der Waals surface area contributed by atoms with Gasteiger partial charge >= 0.3 is 0 Å². The highest BCUT2D eigenvalue weighted by Gasteiger charge is 2.04. The van der Waals surface area contributed by atoms with Gasteiger partial charge in [-0.3, -0.25) is 0 Å². The third kappa shape index (κ3) is 4.46. The van der Waals surface area contributed by atoms with Crippen LogP contribution in [-0.4, -0.2) is 6.61 Å². The van der Waals surface area contributed by atoms with Gasteiger partial charge in [-0.1, -0.05) is 12.1 Å². The summed E-state index contributed by atoms with van der Waals surface area (Å²) in [5, 5.41) is 8.41. The largest absolute Gasteiger partial charge is 0.493 e. The van der Waals surface area contributed by atoms with Crippen molar-refractivity contribution in [2.75, 3.05) is 6.61 Å². The van der Waals surface area contributed by atoms with Crippen molar-refractivity contribution in [2.45, 2.75) is 39.2 Å². The molecule has 0 bridgehead atoms. The van der Waals surface area contributed by atoms with Crippen LogP contribution in [0.2, 0.25) is 0 Å². The first kappa shape index (κ1) is 13.5. The van der Waals surface area contributed by atoms with Crippen LogP contribution in [0.5, 0.6) is 5.75 Å². The van der Waals surface area contributed by atoms with Crippen molar-refractivity contribution in [3.63, 3.8) is 0 Å². The van der Waals surface area contributed by atoms with Crippen LogP contribution in [0.3, 0.4) is 0 Å². The molecule has 3 nitrogen and oxygen atoms in total. The molecule has 0 aromatic heterocycles. The number of unbranched alkanes of at least 4 members (excludes halogenated alkanes) is 2. The highest BCUT2D eigenvalue weighted by molar-refractivity contribution is 5.37. The van der Waals surface area contributed by atoms with Crippen LogP contribution in [0.4, 0.5) is 0 Å². The van der Waals surface area contributed by atoms with Gasteiger partial charge in [0.25, 0.3) is 0 Å². The quantitative estimate of drug-likeness (QED) is 0.767. The number of nitriles is 1. The Labute approximate surface area is 103 Å². The number of nitrogens with two attached hydrogens (primary N) is 1. The SMILES string of the molecule is Cc1cc(C(C)N)ccc1OCCCCC#N. The van der Waals surface area contributed by atoms with Gasteiger partial charge in [0.05, 0.1) is 12.7 Å². The van der Waals surface area contributed by atoms with Crippen LogP contribution >= 0.6 is 0 Å². The molecule has 0 saturated heterocycles. The van der Waals surface area contributed by atoms with Gasteiger partial charge < -0.3 is 10.5 Å². The number of ether oxygens (including phenoxy) is 1. The average Bonchev–Trinajstić information content (AvgIpc) is 2.30. The van der Waals surface area contributed by atoms with Crippen molar-refractivity contribution >= 4 is 0 Å². The fourth-order valence-electron chi connectivity index (χ4n) is 1.61. The minimum Gasteiger partial charge on any atom is -0.493 e. The Morgan fingerprint density at radius 2 is 2.18 bits per heavy atom. The van der Waals surface area contributed by atoms with E-state index in [0.29, 0.717) is 13.0 Å². The summed E-state index contributed by atoms with van der Waals surface area (Å²) < 4.78 is 5.67. The first-order chi connectivity index (χ1) is 8.15. The van der Waals surface area contributed by atoms with Gasteiger partial charge in [0.15, 0.2) is 0 Å². The van der Waals surface area contributed by atoms with Crippen LogP contribution in [0.25, 0.3) is 0 Å². The molecule has 1 rings (SSSR count). The summed E-state index contributed by atoms with van der Waals surface area (Å²) >= 11 is 0. The Hall–Kier alpha value is -1.53. The molecule has 0 aliphatic carbocycles. The molecule has 0 aliphatic heterocycles. The maximum atomic E-state index is 8.41. The fourth-order valence-corrected chi connectivity index (χ4v) is 1.61. The minimum absolute atomic E-state index is 0.0541. The number of aryl methyl sites for hydroxylation is 1. The van der Waals surface area contributed by atoms with Crippen LogP contribution in [0.1, 0.15) is 43.4 Å². The highest BCUT2D eigenvalue weighted by atomic mass is 16.5. The Morgan fingerprint density at radius 3 is 2.76 bits per heavy atom. The first-order valence-electron chi connectivity index (χ1n) is 6.01. The monoisotopic (exact) mass is 232 g/mol. The molecule has 0 spiro atoms. The van der Waals surface area contributed by atoms with E-state index in [9.17, 15) is 0 Å². The summed E-state index contributed by atoms with van der Waals surface area (Å²) in [5.41, 5.74) is 8.05. The van der Waals surface area contributed by atoms with E-state index >= 15 is 0 Å². The van der Waals surface area contributed by atoms with E-state index in [4.69, 9.17) is 15.7 Å². The van der Waals surface area contributed by atoms with Crippen LogP contribution < -0.4 is 10.5 Å². The summed E-state index contributed by atoms with van der Waals surface area (Å²) in [6, 6.07) is 8.22. The van der Waals surface area contributed by atoms with Crippen molar-refractivity contribution in [2.24, 2.45) is 5.73 Å². The lowest BCUT2D eigenvalue weighted by Crippen LogP contribution is -2.06. The number of hydrogen-bond donors (Lipinski definition) is 1. The molecule has 1 unspecified atom stereocenters. The molecule has 3 heteroatoms. The molecule has 0 radical (unpaired) electrons. The number of hydrogen-bond acceptors (Lipinski definition) is 3. The summed E-state index contributed by atoms with van der Waals surface area (Å²) in [6.45, 7) is 4.66. The second-order valence-electron chi connectivity index (χ2n) is 4.28. The third-order valence-corrected chi connectivity index (χ3v) is 2.67. The summed E-state index contributed by atoms with van der Waals surface area (Å²) in [6.07, 6.45) is 2.42. The van der Waals surface area contributed by atoms with Gasteiger partial charge in [-0.15, -0.1) is 0 Å². The van der Waals surface area contributed by atoms with Gasteiger partial charge in [0.2, 0.25) is 0 Å². The predicted molar refractivity (Wildman–Crippen MR) is 68.7 cm³/mol. The van der Waals surface area contributed by atoms with Crippen molar-refractivity contribution in [1.29, 1.82) is 5.26 Å². The smallest absolute Gasteiger partial charge is 0.122 e. The van der Waals surface area contributed by atoms with Gasteiger partial charge in [-0.2, -0.15) is 5.26 Å². The highest BCUT2D eigenvalue weighted by Crippen LogP contribution is 2.22. The molecule has 0 heterocycles. The van der Waals surface area contributed by atoms with E-state index in [2.05, 4.69) is 12.1 Å². The average molecular weight is 232 g/mol. The van der Waals surface area contributed by atoms with Crippen LogP contribution in [-0.2, 0) is 0 Å². The second-order valence-corrected chi connectivity index (χ2v) is 4.28. The molecule has 1 aromatic rings. The Balaban J connectivity index is 2.47. The summed E-state index contributed by atoms with van der Waals surface area (Å²) in [7, 11) is 0. The van der Waals surface area contributed by atoms with Gasteiger partial charge in [-0.05, 0) is 43.9 Å². The second kappa shape index (κ2) is 6.93. The molecule has 0 fully saturated rings. The predicted octanol–water partition coefficient (Wildman–Crippen LogP) is 3.09. The molecule has 17 heavy (non-hydrogen) atoms. The standard InChI is InChI=1S/C14H20N2O/c1-11-10-13(12(2)16)6-7-14(11)17-9-5-3-4-8-15/h6-7,10,12H,3-5,9,16H2,1-2H3. The maximum absolute atomic E-state index is 8.41. The zero-order chi connectivity index (χ0) is 12.7. The molecule has 0 amide bonds. The molecule has 0 saturated carbocycles. The van der Waals surface area contributed by atoms with Crippen LogP contribution in [0.15, 0.2) is 18.2 Å². The molecular weight excluding hydrogens is 212 g/mol. The molecule has 1 aromatic carbocycles. The third-order valence-electron chi connectivity index (χ3n) is 2.67. The van der Waals surface area contributed by atoms with Crippen molar-refractivity contribution in [1.82, 2.24) is 0 Å². The Bertz CT molecular complexity index is 394. The Kier molecular flexibility index (Phi) is 5.51. The molecule has 1 atom stereocenters. The molecule has 2 N–H and O–H groups in total. The zero-order valence-corrected chi connectivity index (χ0v) is 10.6. The van der Waals surface area contributed by atoms with Crippen molar-refractivity contribution in [3.05, 3.63) is 29.3 Å². The van der Waals surface area contributed by atoms with E-state index in [-0.39, 0.29) is 6.04 Å². The van der Waals surface area contributed by atoms with E-state index in [1.165, 1.54) is 0 Å². The summed E-state index contributed by atoms with van der Waals surface area (Å²) in [4.78, 5) is 0. The van der Waals surface area contributed by atoms with Gasteiger partial charge in [0.1, 0.15) is 5.75 Å². The lowest BCUT2D eigenvalue weighted by atomic mass is 10.1. The first-order valence-corrected chi connectivity index (χ1v) is 6.01. The normalized spacial score (nSPS) is 11.9. The maximum Gasteiger partial charge on any atom is 0.122 e. The minimum atomic E-state index is 0.0541. The molecule has 92 valence electrons. The number of nitrogens with zero attached hydrogens (tertiary/aromatic N) is 1. The lowest BCUT2D eigenvalue weighted by Gasteiger charge is -2.12. The van der Waals surface area contributed by atoms with E-state index in [0.717, 1.165) is 29.7 Å². The van der Waals surface area contributed by atoms with E-state index in [1.54, 1.807) is 0 Å². The number of benzene rings is 1. The number of rotatable bonds is 6.